The predicted molar refractivity (Wildman–Crippen MR) is 102 cm³/mol. The number of carbonyl (C=O) groups excluding carboxylic acids is 1. The fraction of sp³-hybridized carbons (Fsp3) is 0.227. The maximum atomic E-state index is 13.2. The molecule has 2 aromatic carbocycles. The van der Waals surface area contributed by atoms with E-state index in [1.54, 1.807) is 0 Å². The Morgan fingerprint density at radius 1 is 0.920 bits per heavy atom. The highest BCUT2D eigenvalue weighted by Crippen LogP contribution is 2.39. The summed E-state index contributed by atoms with van der Waals surface area (Å²) in [6.45, 7) is 4.12. The average molecular weight is 330 g/mol. The van der Waals surface area contributed by atoms with E-state index < -0.39 is 0 Å². The van der Waals surface area contributed by atoms with E-state index in [0.29, 0.717) is 0 Å². The van der Waals surface area contributed by atoms with Gasteiger partial charge >= 0.3 is 0 Å². The number of nitrogens with one attached hydrogen (secondary N) is 1. The second-order valence-electron chi connectivity index (χ2n) is 6.80. The number of allylic oxidation sites excluding steroid dienone is 2. The van der Waals surface area contributed by atoms with Crippen LogP contribution < -0.4 is 10.2 Å². The Balaban J connectivity index is 1.72. The molecule has 0 saturated heterocycles. The minimum absolute atomic E-state index is 0.0348. The standard InChI is InChI=1S/C22H22N2O/c1-15-7-11-17(12-8-15)23-21-19-5-3-4-6-20(19)24(22(21)25)18-13-9-16(2)10-14-18/h6-14,23H,3-5H2,1-2H3. The third kappa shape index (κ3) is 2.86. The molecule has 1 aliphatic heterocycles. The zero-order valence-electron chi connectivity index (χ0n) is 14.7. The first kappa shape index (κ1) is 15.7. The lowest BCUT2D eigenvalue weighted by atomic mass is 9.98. The number of rotatable bonds is 3. The van der Waals surface area contributed by atoms with Gasteiger partial charge in [0.15, 0.2) is 0 Å². The van der Waals surface area contributed by atoms with Gasteiger partial charge in [-0.15, -0.1) is 0 Å². The molecule has 1 heterocycles. The van der Waals surface area contributed by atoms with Crippen molar-refractivity contribution in [2.24, 2.45) is 0 Å². The van der Waals surface area contributed by atoms with Gasteiger partial charge in [-0.2, -0.15) is 0 Å². The Morgan fingerprint density at radius 2 is 1.56 bits per heavy atom. The summed E-state index contributed by atoms with van der Waals surface area (Å²) in [7, 11) is 0. The van der Waals surface area contributed by atoms with Gasteiger partial charge in [0.2, 0.25) is 0 Å². The summed E-state index contributed by atoms with van der Waals surface area (Å²) >= 11 is 0. The van der Waals surface area contributed by atoms with Crippen molar-refractivity contribution in [3.63, 3.8) is 0 Å². The molecule has 3 heteroatoms. The molecule has 0 saturated carbocycles. The molecule has 0 aromatic heterocycles. The molecule has 2 aliphatic rings. The number of aryl methyl sites for hydroxylation is 2. The van der Waals surface area contributed by atoms with Crippen LogP contribution in [0, 0.1) is 13.8 Å². The van der Waals surface area contributed by atoms with E-state index in [1.807, 2.05) is 29.2 Å². The zero-order chi connectivity index (χ0) is 17.4. The molecular formula is C22H22N2O. The summed E-state index contributed by atoms with van der Waals surface area (Å²) in [5.74, 6) is 0.0348. The summed E-state index contributed by atoms with van der Waals surface area (Å²) in [4.78, 5) is 15.0. The number of anilines is 2. The maximum Gasteiger partial charge on any atom is 0.279 e. The minimum Gasteiger partial charge on any atom is -0.351 e. The van der Waals surface area contributed by atoms with E-state index >= 15 is 0 Å². The number of carbonyl (C=O) groups is 1. The normalized spacial score (nSPS) is 16.8. The fourth-order valence-corrected chi connectivity index (χ4v) is 3.46. The number of benzene rings is 2. The number of hydrogen-bond acceptors (Lipinski definition) is 2. The van der Waals surface area contributed by atoms with Crippen molar-refractivity contribution in [2.45, 2.75) is 33.1 Å². The van der Waals surface area contributed by atoms with Crippen LogP contribution in [0.25, 0.3) is 0 Å². The lowest BCUT2D eigenvalue weighted by Crippen LogP contribution is -2.27. The van der Waals surface area contributed by atoms with Crippen LogP contribution in [0.4, 0.5) is 11.4 Å². The van der Waals surface area contributed by atoms with Gasteiger partial charge in [-0.25, -0.2) is 0 Å². The number of fused-ring (bicyclic) bond motifs is 1. The van der Waals surface area contributed by atoms with E-state index in [0.717, 1.165) is 47.6 Å². The molecule has 0 spiro atoms. The Labute approximate surface area is 148 Å². The quantitative estimate of drug-likeness (QED) is 0.851. The maximum absolute atomic E-state index is 13.2. The van der Waals surface area contributed by atoms with Crippen molar-refractivity contribution in [2.75, 3.05) is 10.2 Å². The molecule has 0 fully saturated rings. The molecule has 0 bridgehead atoms. The lowest BCUT2D eigenvalue weighted by Gasteiger charge is -2.22. The van der Waals surface area contributed by atoms with E-state index in [1.165, 1.54) is 11.1 Å². The summed E-state index contributed by atoms with van der Waals surface area (Å²) in [6.07, 6.45) is 5.24. The fourth-order valence-electron chi connectivity index (χ4n) is 3.46. The van der Waals surface area contributed by atoms with Gasteiger partial charge in [0.1, 0.15) is 5.70 Å². The topological polar surface area (TPSA) is 32.3 Å². The summed E-state index contributed by atoms with van der Waals surface area (Å²) in [5.41, 5.74) is 7.20. The summed E-state index contributed by atoms with van der Waals surface area (Å²) in [6, 6.07) is 16.3. The highest BCUT2D eigenvalue weighted by Gasteiger charge is 2.36. The van der Waals surface area contributed by atoms with Crippen LogP contribution in [-0.2, 0) is 4.79 Å². The number of nitrogens with zero attached hydrogens (tertiary/aromatic N) is 1. The van der Waals surface area contributed by atoms with Gasteiger partial charge in [0.25, 0.3) is 5.91 Å². The molecule has 0 unspecified atom stereocenters. The third-order valence-corrected chi connectivity index (χ3v) is 4.85. The summed E-state index contributed by atoms with van der Waals surface area (Å²) < 4.78 is 0. The van der Waals surface area contributed by atoms with Gasteiger partial charge in [0.05, 0.1) is 5.70 Å². The first-order valence-corrected chi connectivity index (χ1v) is 8.82. The molecule has 3 nitrogen and oxygen atoms in total. The smallest absolute Gasteiger partial charge is 0.279 e. The first-order valence-electron chi connectivity index (χ1n) is 8.82. The van der Waals surface area contributed by atoms with Crippen LogP contribution in [0.15, 0.2) is 71.6 Å². The van der Waals surface area contributed by atoms with Gasteiger partial charge in [0, 0.05) is 16.9 Å². The molecule has 1 amide bonds. The van der Waals surface area contributed by atoms with E-state index in [4.69, 9.17) is 0 Å². The van der Waals surface area contributed by atoms with Crippen LogP contribution in [0.1, 0.15) is 30.4 Å². The van der Waals surface area contributed by atoms with Gasteiger partial charge in [-0.3, -0.25) is 9.69 Å². The Kier molecular flexibility index (Phi) is 3.92. The molecular weight excluding hydrogens is 308 g/mol. The molecule has 0 radical (unpaired) electrons. The zero-order valence-corrected chi connectivity index (χ0v) is 14.7. The monoisotopic (exact) mass is 330 g/mol. The molecule has 126 valence electrons. The minimum atomic E-state index is 0.0348. The highest BCUT2D eigenvalue weighted by molar-refractivity contribution is 6.15. The third-order valence-electron chi connectivity index (χ3n) is 4.85. The van der Waals surface area contributed by atoms with E-state index in [9.17, 15) is 4.79 Å². The van der Waals surface area contributed by atoms with Crippen LogP contribution in [-0.4, -0.2) is 5.91 Å². The second-order valence-corrected chi connectivity index (χ2v) is 6.80. The second kappa shape index (κ2) is 6.25. The Bertz CT molecular complexity index is 873. The van der Waals surface area contributed by atoms with E-state index in [2.05, 4.69) is 49.5 Å². The Hall–Kier alpha value is -2.81. The van der Waals surface area contributed by atoms with E-state index in [-0.39, 0.29) is 5.91 Å². The van der Waals surface area contributed by atoms with Gasteiger partial charge in [-0.1, -0.05) is 41.5 Å². The van der Waals surface area contributed by atoms with Crippen molar-refractivity contribution < 1.29 is 4.79 Å². The molecule has 0 atom stereocenters. The average Bonchev–Trinajstić information content (AvgIpc) is 2.90. The van der Waals surface area contributed by atoms with Crippen LogP contribution >= 0.6 is 0 Å². The Morgan fingerprint density at radius 3 is 2.24 bits per heavy atom. The molecule has 25 heavy (non-hydrogen) atoms. The summed E-state index contributed by atoms with van der Waals surface area (Å²) in [5, 5.41) is 3.38. The predicted octanol–water partition coefficient (Wildman–Crippen LogP) is 5.08. The number of amides is 1. The number of hydrogen-bond donors (Lipinski definition) is 1. The van der Waals surface area contributed by atoms with Gasteiger partial charge < -0.3 is 5.32 Å². The van der Waals surface area contributed by atoms with Crippen LogP contribution in [0.3, 0.4) is 0 Å². The van der Waals surface area contributed by atoms with Crippen molar-refractivity contribution in [1.82, 2.24) is 0 Å². The van der Waals surface area contributed by atoms with Crippen molar-refractivity contribution in [3.8, 4) is 0 Å². The van der Waals surface area contributed by atoms with Crippen molar-refractivity contribution in [1.29, 1.82) is 0 Å². The highest BCUT2D eigenvalue weighted by atomic mass is 16.2. The van der Waals surface area contributed by atoms with Crippen LogP contribution in [0.5, 0.6) is 0 Å². The molecule has 1 N–H and O–H groups in total. The lowest BCUT2D eigenvalue weighted by molar-refractivity contribution is -0.114. The molecule has 4 rings (SSSR count). The SMILES string of the molecule is Cc1ccc(NC2=C3CCCC=C3N(c3ccc(C)cc3)C2=O)cc1. The van der Waals surface area contributed by atoms with Crippen molar-refractivity contribution in [3.05, 3.63) is 82.7 Å². The van der Waals surface area contributed by atoms with Crippen molar-refractivity contribution >= 4 is 17.3 Å². The largest absolute Gasteiger partial charge is 0.351 e. The molecule has 2 aromatic rings. The first-order chi connectivity index (χ1) is 12.1. The van der Waals surface area contributed by atoms with Crippen LogP contribution in [0.2, 0.25) is 0 Å². The molecule has 1 aliphatic carbocycles. The van der Waals surface area contributed by atoms with Gasteiger partial charge in [-0.05, 0) is 57.4 Å².